The third kappa shape index (κ3) is 5.18. The van der Waals surface area contributed by atoms with E-state index in [1.165, 1.54) is 29.8 Å². The van der Waals surface area contributed by atoms with Crippen molar-refractivity contribution < 1.29 is 13.9 Å². The largest absolute Gasteiger partial charge is 0.494 e. The molecule has 0 aliphatic rings. The minimum absolute atomic E-state index is 0.276. The van der Waals surface area contributed by atoms with Crippen molar-refractivity contribution in [2.45, 2.75) is 12.8 Å². The van der Waals surface area contributed by atoms with Gasteiger partial charge in [0.2, 0.25) is 0 Å². The summed E-state index contributed by atoms with van der Waals surface area (Å²) in [4.78, 5) is 12.1. The van der Waals surface area contributed by atoms with Gasteiger partial charge < -0.3 is 10.1 Å². The van der Waals surface area contributed by atoms with Gasteiger partial charge in [-0.3, -0.25) is 4.79 Å². The lowest BCUT2D eigenvalue weighted by Crippen LogP contribution is -2.11. The van der Waals surface area contributed by atoms with E-state index in [-0.39, 0.29) is 11.7 Å². The van der Waals surface area contributed by atoms with Gasteiger partial charge >= 0.3 is 0 Å². The third-order valence-corrected chi connectivity index (χ3v) is 3.94. The molecular formula is C22H20FNO2. The van der Waals surface area contributed by atoms with Crippen LogP contribution in [0.5, 0.6) is 5.75 Å². The molecule has 0 spiro atoms. The topological polar surface area (TPSA) is 38.3 Å². The predicted molar refractivity (Wildman–Crippen MR) is 101 cm³/mol. The average molecular weight is 349 g/mol. The number of carbonyl (C=O) groups excluding carboxylic acids is 1. The summed E-state index contributed by atoms with van der Waals surface area (Å²) in [6.07, 6.45) is 1.92. The van der Waals surface area contributed by atoms with Crippen LogP contribution in [0.25, 0.3) is 0 Å². The quantitative estimate of drug-likeness (QED) is 0.603. The minimum atomic E-state index is -0.365. The van der Waals surface area contributed by atoms with Gasteiger partial charge in [-0.15, -0.1) is 0 Å². The SMILES string of the molecule is O=C(Nc1ccc(OCCCc2ccccc2)cc1)c1ccc(F)cc1. The summed E-state index contributed by atoms with van der Waals surface area (Å²) in [5, 5.41) is 2.78. The van der Waals surface area contributed by atoms with Crippen LogP contribution < -0.4 is 10.1 Å². The molecule has 4 heteroatoms. The average Bonchev–Trinajstić information content (AvgIpc) is 2.68. The standard InChI is InChI=1S/C22H20FNO2/c23-19-10-8-18(9-11-19)22(25)24-20-12-14-21(15-13-20)26-16-4-7-17-5-2-1-3-6-17/h1-3,5-6,8-15H,4,7,16H2,(H,24,25). The Balaban J connectivity index is 1.45. The summed E-state index contributed by atoms with van der Waals surface area (Å²) in [6.45, 7) is 0.635. The lowest BCUT2D eigenvalue weighted by molar-refractivity contribution is 0.102. The molecule has 0 aliphatic heterocycles. The van der Waals surface area contributed by atoms with Crippen LogP contribution >= 0.6 is 0 Å². The van der Waals surface area contributed by atoms with Crippen molar-refractivity contribution in [3.63, 3.8) is 0 Å². The number of halogens is 1. The Morgan fingerprint density at radius 1 is 0.885 bits per heavy atom. The van der Waals surface area contributed by atoms with E-state index in [1.54, 1.807) is 12.1 Å². The molecule has 3 nitrogen and oxygen atoms in total. The zero-order chi connectivity index (χ0) is 18.2. The van der Waals surface area contributed by atoms with Crippen LogP contribution in [0.1, 0.15) is 22.3 Å². The number of nitrogens with one attached hydrogen (secondary N) is 1. The fourth-order valence-electron chi connectivity index (χ4n) is 2.55. The van der Waals surface area contributed by atoms with Gasteiger partial charge in [-0.1, -0.05) is 30.3 Å². The Kier molecular flexibility index (Phi) is 5.99. The number of ether oxygens (including phenoxy) is 1. The number of hydrogen-bond donors (Lipinski definition) is 1. The summed E-state index contributed by atoms with van der Waals surface area (Å²) in [5.41, 5.74) is 2.37. The van der Waals surface area contributed by atoms with Gasteiger partial charge in [0.05, 0.1) is 6.61 Å². The van der Waals surface area contributed by atoms with E-state index in [0.29, 0.717) is 17.9 Å². The molecule has 0 radical (unpaired) electrons. The summed E-state index contributed by atoms with van der Waals surface area (Å²) >= 11 is 0. The smallest absolute Gasteiger partial charge is 0.255 e. The summed E-state index contributed by atoms with van der Waals surface area (Å²) in [7, 11) is 0. The Labute approximate surface area is 152 Å². The van der Waals surface area contributed by atoms with Crippen molar-refractivity contribution in [2.75, 3.05) is 11.9 Å². The first-order valence-corrected chi connectivity index (χ1v) is 8.54. The van der Waals surface area contributed by atoms with Crippen molar-refractivity contribution >= 4 is 11.6 Å². The second-order valence-electron chi connectivity index (χ2n) is 5.92. The summed E-state index contributed by atoms with van der Waals surface area (Å²) in [5.74, 6) is 0.120. The van der Waals surface area contributed by atoms with E-state index in [2.05, 4.69) is 17.4 Å². The minimum Gasteiger partial charge on any atom is -0.494 e. The first-order chi connectivity index (χ1) is 12.7. The maximum Gasteiger partial charge on any atom is 0.255 e. The molecule has 26 heavy (non-hydrogen) atoms. The molecular weight excluding hydrogens is 329 g/mol. The monoisotopic (exact) mass is 349 g/mol. The van der Waals surface area contributed by atoms with E-state index >= 15 is 0 Å². The van der Waals surface area contributed by atoms with Gasteiger partial charge in [0.1, 0.15) is 11.6 Å². The molecule has 0 aromatic heterocycles. The molecule has 1 N–H and O–H groups in total. The number of amides is 1. The predicted octanol–water partition coefficient (Wildman–Crippen LogP) is 5.09. The van der Waals surface area contributed by atoms with E-state index in [9.17, 15) is 9.18 Å². The number of hydrogen-bond acceptors (Lipinski definition) is 2. The molecule has 0 heterocycles. The van der Waals surface area contributed by atoms with Crippen molar-refractivity contribution in [1.82, 2.24) is 0 Å². The second-order valence-corrected chi connectivity index (χ2v) is 5.92. The third-order valence-electron chi connectivity index (χ3n) is 3.94. The Morgan fingerprint density at radius 3 is 2.27 bits per heavy atom. The fourth-order valence-corrected chi connectivity index (χ4v) is 2.55. The maximum absolute atomic E-state index is 12.9. The number of carbonyl (C=O) groups is 1. The maximum atomic E-state index is 12.9. The summed E-state index contributed by atoms with van der Waals surface area (Å²) in [6, 6.07) is 23.0. The van der Waals surface area contributed by atoms with Crippen molar-refractivity contribution in [2.24, 2.45) is 0 Å². The van der Waals surface area contributed by atoms with Crippen LogP contribution in [0, 0.1) is 5.82 Å². The van der Waals surface area contributed by atoms with Gasteiger partial charge in [-0.05, 0) is 66.9 Å². The molecule has 1 amide bonds. The molecule has 0 unspecified atom stereocenters. The molecule has 3 aromatic rings. The van der Waals surface area contributed by atoms with Crippen molar-refractivity contribution in [3.05, 3.63) is 95.8 Å². The zero-order valence-electron chi connectivity index (χ0n) is 14.3. The number of aryl methyl sites for hydroxylation is 1. The van der Waals surface area contributed by atoms with E-state index in [4.69, 9.17) is 4.74 Å². The Hall–Kier alpha value is -3.14. The molecule has 0 fully saturated rings. The van der Waals surface area contributed by atoms with Crippen LogP contribution in [0.15, 0.2) is 78.9 Å². The lowest BCUT2D eigenvalue weighted by Gasteiger charge is -2.09. The van der Waals surface area contributed by atoms with Gasteiger partial charge in [0.25, 0.3) is 5.91 Å². The number of rotatable bonds is 7. The molecule has 3 rings (SSSR count). The zero-order valence-corrected chi connectivity index (χ0v) is 14.3. The van der Waals surface area contributed by atoms with Gasteiger partial charge in [0.15, 0.2) is 0 Å². The number of benzene rings is 3. The second kappa shape index (κ2) is 8.81. The first-order valence-electron chi connectivity index (χ1n) is 8.54. The van der Waals surface area contributed by atoms with E-state index in [1.807, 2.05) is 30.3 Å². The molecule has 0 saturated heterocycles. The highest BCUT2D eigenvalue weighted by Gasteiger charge is 2.06. The molecule has 0 aliphatic carbocycles. The van der Waals surface area contributed by atoms with Gasteiger partial charge in [-0.2, -0.15) is 0 Å². The number of anilines is 1. The van der Waals surface area contributed by atoms with Gasteiger partial charge in [0, 0.05) is 11.3 Å². The Bertz CT molecular complexity index is 830. The fraction of sp³-hybridized carbons (Fsp3) is 0.136. The highest BCUT2D eigenvalue weighted by molar-refractivity contribution is 6.04. The lowest BCUT2D eigenvalue weighted by atomic mass is 10.1. The first kappa shape index (κ1) is 17.7. The van der Waals surface area contributed by atoms with E-state index < -0.39 is 0 Å². The van der Waals surface area contributed by atoms with Gasteiger partial charge in [-0.25, -0.2) is 4.39 Å². The van der Waals surface area contributed by atoms with Crippen LogP contribution in [0.3, 0.4) is 0 Å². The molecule has 0 saturated carbocycles. The van der Waals surface area contributed by atoms with Crippen LogP contribution in [0.2, 0.25) is 0 Å². The summed E-state index contributed by atoms with van der Waals surface area (Å²) < 4.78 is 18.6. The highest BCUT2D eigenvalue weighted by Crippen LogP contribution is 2.17. The van der Waals surface area contributed by atoms with Crippen LogP contribution in [0.4, 0.5) is 10.1 Å². The van der Waals surface area contributed by atoms with Crippen molar-refractivity contribution in [3.8, 4) is 5.75 Å². The Morgan fingerprint density at radius 2 is 1.58 bits per heavy atom. The normalized spacial score (nSPS) is 10.3. The molecule has 132 valence electrons. The molecule has 0 atom stereocenters. The van der Waals surface area contributed by atoms with Crippen LogP contribution in [-0.4, -0.2) is 12.5 Å². The van der Waals surface area contributed by atoms with Crippen molar-refractivity contribution in [1.29, 1.82) is 0 Å². The molecule has 3 aromatic carbocycles. The van der Waals surface area contributed by atoms with Crippen LogP contribution in [-0.2, 0) is 6.42 Å². The highest BCUT2D eigenvalue weighted by atomic mass is 19.1. The molecule has 0 bridgehead atoms. The van der Waals surface area contributed by atoms with E-state index in [0.717, 1.165) is 18.6 Å².